The van der Waals surface area contributed by atoms with Crippen molar-refractivity contribution >= 4 is 43.2 Å². The normalized spacial score (nSPS) is 14.2. The molecule has 0 atom stereocenters. The van der Waals surface area contributed by atoms with Gasteiger partial charge >= 0.3 is 0 Å². The topological polar surface area (TPSA) is 66.5 Å². The highest BCUT2D eigenvalue weighted by Crippen LogP contribution is 2.44. The molecule has 28 heavy (non-hydrogen) atoms. The number of hydrogen-bond donors (Lipinski definition) is 1. The number of sulfonamides is 1. The van der Waals surface area contributed by atoms with E-state index >= 15 is 0 Å². The fourth-order valence-electron chi connectivity index (χ4n) is 3.45. The van der Waals surface area contributed by atoms with Crippen molar-refractivity contribution < 1.29 is 13.2 Å². The number of amides is 1. The van der Waals surface area contributed by atoms with Crippen molar-refractivity contribution in [3.8, 4) is 11.1 Å². The third-order valence-electron chi connectivity index (χ3n) is 4.80. The van der Waals surface area contributed by atoms with Crippen LogP contribution >= 0.6 is 15.9 Å². The Morgan fingerprint density at radius 2 is 1.68 bits per heavy atom. The zero-order valence-corrected chi connectivity index (χ0v) is 17.6. The largest absolute Gasteiger partial charge is 0.322 e. The molecule has 1 heterocycles. The molecule has 0 radical (unpaired) electrons. The van der Waals surface area contributed by atoms with Crippen LogP contribution in [-0.2, 0) is 10.0 Å². The van der Waals surface area contributed by atoms with Crippen LogP contribution in [0.3, 0.4) is 0 Å². The van der Waals surface area contributed by atoms with Gasteiger partial charge in [0.25, 0.3) is 15.9 Å². The molecule has 1 aliphatic rings. The van der Waals surface area contributed by atoms with E-state index in [1.54, 1.807) is 43.4 Å². The van der Waals surface area contributed by atoms with Gasteiger partial charge in [-0.3, -0.25) is 9.10 Å². The quantitative estimate of drug-likeness (QED) is 0.601. The predicted molar refractivity (Wildman–Crippen MR) is 114 cm³/mol. The van der Waals surface area contributed by atoms with E-state index in [1.807, 2.05) is 31.2 Å². The lowest BCUT2D eigenvalue weighted by Gasteiger charge is -2.31. The number of anilines is 2. The van der Waals surface area contributed by atoms with Gasteiger partial charge in [-0.15, -0.1) is 0 Å². The first-order valence-corrected chi connectivity index (χ1v) is 10.8. The summed E-state index contributed by atoms with van der Waals surface area (Å²) in [6, 6.07) is 17.6. The Hall–Kier alpha value is -2.64. The predicted octanol–water partition coefficient (Wildman–Crippen LogP) is 4.82. The van der Waals surface area contributed by atoms with Crippen molar-refractivity contribution in [1.29, 1.82) is 0 Å². The van der Waals surface area contributed by atoms with Crippen molar-refractivity contribution in [1.82, 2.24) is 0 Å². The van der Waals surface area contributed by atoms with E-state index in [-0.39, 0.29) is 10.8 Å². The Morgan fingerprint density at radius 3 is 2.39 bits per heavy atom. The zero-order valence-electron chi connectivity index (χ0n) is 15.2. The van der Waals surface area contributed by atoms with Gasteiger partial charge in [-0.05, 0) is 55.0 Å². The molecule has 5 nitrogen and oxygen atoms in total. The number of halogens is 1. The number of nitrogens with one attached hydrogen (secondary N) is 1. The number of nitrogens with zero attached hydrogens (tertiary/aromatic N) is 1. The first-order chi connectivity index (χ1) is 13.3. The molecule has 1 aliphatic heterocycles. The first-order valence-electron chi connectivity index (χ1n) is 8.59. The minimum absolute atomic E-state index is 0.245. The summed E-state index contributed by atoms with van der Waals surface area (Å²) < 4.78 is 27.9. The number of rotatable bonds is 2. The number of benzene rings is 3. The summed E-state index contributed by atoms with van der Waals surface area (Å²) in [5.41, 5.74) is 3.81. The van der Waals surface area contributed by atoms with Crippen LogP contribution in [-0.4, -0.2) is 21.4 Å². The standard InChI is InChI=1S/C21H17BrN2O3S/c1-13-11-14(21(25)23-16-9-7-15(22)8-10-16)12-18-17-5-3-4-6-19(17)28(26,27)24(2)20(13)18/h3-12H,1-2H3,(H,23,25). The van der Waals surface area contributed by atoms with Crippen LogP contribution in [0.4, 0.5) is 11.4 Å². The van der Waals surface area contributed by atoms with E-state index in [0.29, 0.717) is 22.5 Å². The van der Waals surface area contributed by atoms with Crippen LogP contribution in [0, 0.1) is 6.92 Å². The molecule has 0 unspecified atom stereocenters. The summed E-state index contributed by atoms with van der Waals surface area (Å²) in [6.45, 7) is 1.81. The molecule has 0 saturated carbocycles. The van der Waals surface area contributed by atoms with E-state index in [2.05, 4.69) is 21.2 Å². The molecule has 3 aromatic rings. The molecule has 0 saturated heterocycles. The van der Waals surface area contributed by atoms with E-state index < -0.39 is 10.0 Å². The Kier molecular flexibility index (Phi) is 4.51. The van der Waals surface area contributed by atoms with Gasteiger partial charge in [-0.1, -0.05) is 34.1 Å². The van der Waals surface area contributed by atoms with Crippen molar-refractivity contribution in [3.05, 3.63) is 76.3 Å². The zero-order chi connectivity index (χ0) is 20.1. The summed E-state index contributed by atoms with van der Waals surface area (Å²) in [5.74, 6) is -0.248. The number of aryl methyl sites for hydroxylation is 1. The van der Waals surface area contributed by atoms with Crippen molar-refractivity contribution in [2.45, 2.75) is 11.8 Å². The monoisotopic (exact) mass is 456 g/mol. The molecule has 3 aromatic carbocycles. The molecule has 0 spiro atoms. The van der Waals surface area contributed by atoms with Gasteiger partial charge < -0.3 is 5.32 Å². The molecule has 1 amide bonds. The Labute approximate surface area is 172 Å². The van der Waals surface area contributed by atoms with Crippen molar-refractivity contribution in [3.63, 3.8) is 0 Å². The molecule has 0 fully saturated rings. The van der Waals surface area contributed by atoms with E-state index in [0.717, 1.165) is 15.6 Å². The van der Waals surface area contributed by atoms with Gasteiger partial charge in [-0.25, -0.2) is 8.42 Å². The summed E-state index contributed by atoms with van der Waals surface area (Å²) >= 11 is 3.37. The van der Waals surface area contributed by atoms with Gasteiger partial charge in [-0.2, -0.15) is 0 Å². The average Bonchev–Trinajstić information content (AvgIpc) is 2.67. The summed E-state index contributed by atoms with van der Waals surface area (Å²) in [5, 5.41) is 2.88. The molecular formula is C21H17BrN2O3S. The van der Waals surface area contributed by atoms with Crippen LogP contribution in [0.1, 0.15) is 15.9 Å². The van der Waals surface area contributed by atoms with Crippen molar-refractivity contribution in [2.24, 2.45) is 0 Å². The third-order valence-corrected chi connectivity index (χ3v) is 7.14. The van der Waals surface area contributed by atoms with E-state index in [9.17, 15) is 13.2 Å². The highest BCUT2D eigenvalue weighted by Gasteiger charge is 2.33. The highest BCUT2D eigenvalue weighted by atomic mass is 79.9. The molecule has 7 heteroatoms. The summed E-state index contributed by atoms with van der Waals surface area (Å²) in [7, 11) is -2.07. The second kappa shape index (κ2) is 6.76. The third kappa shape index (κ3) is 3.00. The molecule has 1 N–H and O–H groups in total. The minimum Gasteiger partial charge on any atom is -0.322 e. The number of hydrogen-bond acceptors (Lipinski definition) is 3. The average molecular weight is 457 g/mol. The molecular weight excluding hydrogens is 440 g/mol. The number of carbonyl (C=O) groups excluding carboxylic acids is 1. The summed E-state index contributed by atoms with van der Waals surface area (Å²) in [6.07, 6.45) is 0. The van der Waals surface area contributed by atoms with Gasteiger partial charge in [0.05, 0.1) is 10.6 Å². The van der Waals surface area contributed by atoms with Gasteiger partial charge in [0.2, 0.25) is 0 Å². The highest BCUT2D eigenvalue weighted by molar-refractivity contribution is 9.10. The first kappa shape index (κ1) is 18.7. The molecule has 0 aliphatic carbocycles. The lowest BCUT2D eigenvalue weighted by Crippen LogP contribution is -2.31. The molecule has 0 aromatic heterocycles. The van der Waals surface area contributed by atoms with E-state index in [1.165, 1.54) is 4.31 Å². The van der Waals surface area contributed by atoms with E-state index in [4.69, 9.17) is 0 Å². The maximum absolute atomic E-state index is 12.8. The fraction of sp³-hybridized carbons (Fsp3) is 0.0952. The number of fused-ring (bicyclic) bond motifs is 3. The Morgan fingerprint density at radius 1 is 1.00 bits per heavy atom. The molecule has 0 bridgehead atoms. The Balaban J connectivity index is 1.82. The second-order valence-corrected chi connectivity index (χ2v) is 9.47. The fourth-order valence-corrected chi connectivity index (χ4v) is 5.20. The van der Waals surface area contributed by atoms with Crippen molar-refractivity contribution in [2.75, 3.05) is 16.7 Å². The van der Waals surface area contributed by atoms with Crippen LogP contribution in [0.25, 0.3) is 11.1 Å². The maximum atomic E-state index is 12.8. The Bertz CT molecular complexity index is 1200. The maximum Gasteiger partial charge on any atom is 0.264 e. The lowest BCUT2D eigenvalue weighted by molar-refractivity contribution is 0.102. The van der Waals surface area contributed by atoms with Crippen LogP contribution in [0.2, 0.25) is 0 Å². The lowest BCUT2D eigenvalue weighted by atomic mass is 9.96. The van der Waals surface area contributed by atoms with Gasteiger partial charge in [0.1, 0.15) is 0 Å². The van der Waals surface area contributed by atoms with Crippen LogP contribution in [0.5, 0.6) is 0 Å². The second-order valence-electron chi connectivity index (χ2n) is 6.62. The van der Waals surface area contributed by atoms with Crippen LogP contribution < -0.4 is 9.62 Å². The molecule has 4 rings (SSSR count). The van der Waals surface area contributed by atoms with Crippen LogP contribution in [0.15, 0.2) is 70.0 Å². The SMILES string of the molecule is Cc1cc(C(=O)Nc2ccc(Br)cc2)cc2c1N(C)S(=O)(=O)c1ccccc1-2. The number of carbonyl (C=O) groups is 1. The smallest absolute Gasteiger partial charge is 0.264 e. The minimum atomic E-state index is -3.61. The molecule has 142 valence electrons. The summed E-state index contributed by atoms with van der Waals surface area (Å²) in [4.78, 5) is 13.0. The van der Waals surface area contributed by atoms with Gasteiger partial charge in [0, 0.05) is 33.9 Å². The van der Waals surface area contributed by atoms with Gasteiger partial charge in [0.15, 0.2) is 0 Å².